The van der Waals surface area contributed by atoms with E-state index >= 15 is 0 Å². The van der Waals surface area contributed by atoms with E-state index in [-0.39, 0.29) is 10.6 Å². The molecule has 0 radical (unpaired) electrons. The molecule has 1 amide bonds. The summed E-state index contributed by atoms with van der Waals surface area (Å²) in [4.78, 5) is 27.6. The van der Waals surface area contributed by atoms with Crippen molar-refractivity contribution in [2.75, 3.05) is 30.6 Å². The molecule has 1 heterocycles. The van der Waals surface area contributed by atoms with Gasteiger partial charge in [-0.05, 0) is 90.7 Å². The summed E-state index contributed by atoms with van der Waals surface area (Å²) in [6.07, 6.45) is 10.7. The first-order valence-electron chi connectivity index (χ1n) is 14.8. The number of hydrogen-bond acceptors (Lipinski definition) is 7. The number of thioether (sulfide) groups is 2. The molecule has 42 heavy (non-hydrogen) atoms. The van der Waals surface area contributed by atoms with Crippen LogP contribution in [-0.4, -0.2) is 77.5 Å². The molecule has 230 valence electrons. The molecule has 2 N–H and O–H groups in total. The third-order valence-electron chi connectivity index (χ3n) is 8.53. The first-order valence-corrected chi connectivity index (χ1v) is 19.2. The van der Waals surface area contributed by atoms with E-state index in [9.17, 15) is 23.1 Å². The summed E-state index contributed by atoms with van der Waals surface area (Å²) < 4.78 is 25.1. The standard InChI is InChI=1S/C32H44N2O5S3/c1-22-9-7-8-12-26(22)28-17-24(13-14-27(28)31(35)33-29(32(36)37)15-16-40-2)19-34-20-25(42(3,38)39)18-30(34)41-21-23-10-5-4-6-11-23/h7-9,12-14,17,23,25,29-30H,4-6,10-11,15-16,18-21H2,1-3H3,(H,33,35)(H,36,37)/t25?,29?,30-/m1/s1. The number of carbonyl (C=O) groups is 2. The molecule has 0 aromatic heterocycles. The maximum atomic E-state index is 13.5. The highest BCUT2D eigenvalue weighted by molar-refractivity contribution is 8.00. The summed E-state index contributed by atoms with van der Waals surface area (Å²) in [5, 5.41) is 12.2. The van der Waals surface area contributed by atoms with Gasteiger partial charge in [-0.2, -0.15) is 11.8 Å². The van der Waals surface area contributed by atoms with Crippen LogP contribution in [0.25, 0.3) is 11.1 Å². The molecule has 10 heteroatoms. The van der Waals surface area contributed by atoms with E-state index in [1.54, 1.807) is 17.8 Å². The van der Waals surface area contributed by atoms with Crippen molar-refractivity contribution in [3.05, 3.63) is 59.2 Å². The summed E-state index contributed by atoms with van der Waals surface area (Å²) in [5.41, 5.74) is 4.11. The second kappa shape index (κ2) is 15.1. The van der Waals surface area contributed by atoms with Crippen LogP contribution in [0.1, 0.15) is 66.4 Å². The van der Waals surface area contributed by atoms with E-state index in [0.717, 1.165) is 28.0 Å². The number of nitrogens with zero attached hydrogens (tertiary/aromatic N) is 1. The topological polar surface area (TPSA) is 104 Å². The highest BCUT2D eigenvalue weighted by Gasteiger charge is 2.38. The van der Waals surface area contributed by atoms with Gasteiger partial charge in [0.05, 0.1) is 10.6 Å². The Morgan fingerprint density at radius 1 is 1.10 bits per heavy atom. The SMILES string of the molecule is CSCCC(NC(=O)c1ccc(CN2CC(S(C)(=O)=O)C[C@H]2SCC2CCCCC2)cc1-c1ccccc1C)C(=O)O. The fourth-order valence-electron chi connectivity index (χ4n) is 6.03. The smallest absolute Gasteiger partial charge is 0.326 e. The Hall–Kier alpha value is -2.01. The van der Waals surface area contributed by atoms with E-state index in [1.807, 2.05) is 61.3 Å². The Kier molecular flexibility index (Phi) is 11.8. The largest absolute Gasteiger partial charge is 0.480 e. The lowest BCUT2D eigenvalue weighted by Crippen LogP contribution is -2.41. The molecule has 0 bridgehead atoms. The Morgan fingerprint density at radius 2 is 1.83 bits per heavy atom. The van der Waals surface area contributed by atoms with Gasteiger partial charge in [-0.25, -0.2) is 13.2 Å². The molecule has 3 atom stereocenters. The average Bonchev–Trinajstić information content (AvgIpc) is 3.38. The van der Waals surface area contributed by atoms with Gasteiger partial charge in [-0.3, -0.25) is 9.69 Å². The average molecular weight is 633 g/mol. The molecule has 2 unspecified atom stereocenters. The van der Waals surface area contributed by atoms with Gasteiger partial charge in [0.2, 0.25) is 0 Å². The summed E-state index contributed by atoms with van der Waals surface area (Å²) in [7, 11) is -3.16. The third kappa shape index (κ3) is 8.77. The van der Waals surface area contributed by atoms with Gasteiger partial charge in [-0.1, -0.05) is 49.6 Å². The van der Waals surface area contributed by atoms with Crippen molar-refractivity contribution in [1.29, 1.82) is 0 Å². The normalized spacial score (nSPS) is 20.8. The minimum absolute atomic E-state index is 0.129. The van der Waals surface area contributed by atoms with Gasteiger partial charge < -0.3 is 10.4 Å². The summed E-state index contributed by atoms with van der Waals surface area (Å²) in [6, 6.07) is 12.6. The zero-order valence-electron chi connectivity index (χ0n) is 24.9. The van der Waals surface area contributed by atoms with Gasteiger partial charge in [0.1, 0.15) is 6.04 Å². The second-order valence-electron chi connectivity index (χ2n) is 11.7. The maximum absolute atomic E-state index is 13.5. The van der Waals surface area contributed by atoms with Crippen LogP contribution in [0.4, 0.5) is 0 Å². The number of carboxylic acids is 1. The third-order valence-corrected chi connectivity index (χ3v) is 12.3. The van der Waals surface area contributed by atoms with Crippen molar-refractivity contribution < 1.29 is 23.1 Å². The zero-order chi connectivity index (χ0) is 30.3. The fourth-order valence-corrected chi connectivity index (χ4v) is 9.18. The highest BCUT2D eigenvalue weighted by atomic mass is 32.2. The van der Waals surface area contributed by atoms with Crippen LogP contribution in [0.2, 0.25) is 0 Å². The van der Waals surface area contributed by atoms with Crippen molar-refractivity contribution in [2.24, 2.45) is 5.92 Å². The zero-order valence-corrected chi connectivity index (χ0v) is 27.3. The summed E-state index contributed by atoms with van der Waals surface area (Å²) in [5.74, 6) is 0.946. The number of sulfone groups is 1. The lowest BCUT2D eigenvalue weighted by atomic mass is 9.91. The molecule has 1 saturated heterocycles. The Labute approximate surface area is 259 Å². The molecule has 2 aromatic carbocycles. The molecule has 2 aliphatic rings. The van der Waals surface area contributed by atoms with Crippen molar-refractivity contribution in [1.82, 2.24) is 10.2 Å². The molecular formula is C32H44N2O5S3. The summed E-state index contributed by atoms with van der Waals surface area (Å²) in [6.45, 7) is 3.08. The monoisotopic (exact) mass is 632 g/mol. The van der Waals surface area contributed by atoms with E-state index in [1.165, 1.54) is 38.4 Å². The fraction of sp³-hybridized carbons (Fsp3) is 0.562. The van der Waals surface area contributed by atoms with Crippen molar-refractivity contribution >= 4 is 45.2 Å². The number of rotatable bonds is 13. The Morgan fingerprint density at radius 3 is 2.50 bits per heavy atom. The number of likely N-dealkylation sites (tertiary alicyclic amines) is 1. The minimum atomic E-state index is -3.16. The lowest BCUT2D eigenvalue weighted by Gasteiger charge is -2.27. The maximum Gasteiger partial charge on any atom is 0.326 e. The highest BCUT2D eigenvalue weighted by Crippen LogP contribution is 2.36. The van der Waals surface area contributed by atoms with E-state index in [2.05, 4.69) is 10.2 Å². The Balaban J connectivity index is 1.60. The molecule has 2 aromatic rings. The van der Waals surface area contributed by atoms with E-state index < -0.39 is 27.8 Å². The predicted octanol–water partition coefficient (Wildman–Crippen LogP) is 5.86. The molecule has 1 aliphatic carbocycles. The number of amides is 1. The van der Waals surface area contributed by atoms with Crippen LogP contribution in [0.15, 0.2) is 42.5 Å². The van der Waals surface area contributed by atoms with Crippen LogP contribution in [-0.2, 0) is 21.2 Å². The van der Waals surface area contributed by atoms with Gasteiger partial charge >= 0.3 is 5.97 Å². The van der Waals surface area contributed by atoms with Crippen molar-refractivity contribution in [3.8, 4) is 11.1 Å². The quantitative estimate of drug-likeness (QED) is 0.283. The molecule has 0 spiro atoms. The molecular weight excluding hydrogens is 589 g/mol. The molecule has 1 saturated carbocycles. The van der Waals surface area contributed by atoms with Gasteiger partial charge in [-0.15, -0.1) is 11.8 Å². The number of benzene rings is 2. The summed E-state index contributed by atoms with van der Waals surface area (Å²) >= 11 is 3.45. The first kappa shape index (κ1) is 32.9. The molecule has 1 aliphatic heterocycles. The molecule has 4 rings (SSSR count). The number of nitrogens with one attached hydrogen (secondary N) is 1. The molecule has 2 fully saturated rings. The molecule has 7 nitrogen and oxygen atoms in total. The van der Waals surface area contributed by atoms with E-state index in [0.29, 0.717) is 43.2 Å². The number of hydrogen-bond donors (Lipinski definition) is 2. The van der Waals surface area contributed by atoms with Gasteiger partial charge in [0.15, 0.2) is 9.84 Å². The first-order chi connectivity index (χ1) is 20.1. The van der Waals surface area contributed by atoms with Crippen LogP contribution < -0.4 is 5.32 Å². The van der Waals surface area contributed by atoms with Gasteiger partial charge in [0.25, 0.3) is 5.91 Å². The second-order valence-corrected chi connectivity index (χ2v) is 16.3. The Bertz CT molecular complexity index is 1340. The van der Waals surface area contributed by atoms with Crippen LogP contribution in [0, 0.1) is 12.8 Å². The van der Waals surface area contributed by atoms with Gasteiger partial charge in [0, 0.05) is 24.9 Å². The van der Waals surface area contributed by atoms with Crippen LogP contribution in [0.3, 0.4) is 0 Å². The van der Waals surface area contributed by atoms with Crippen LogP contribution >= 0.6 is 23.5 Å². The van der Waals surface area contributed by atoms with E-state index in [4.69, 9.17) is 0 Å². The van der Waals surface area contributed by atoms with Crippen LogP contribution in [0.5, 0.6) is 0 Å². The number of aryl methyl sites for hydroxylation is 1. The number of aliphatic carboxylic acids is 1. The minimum Gasteiger partial charge on any atom is -0.480 e. The number of carboxylic acid groups (broad SMARTS) is 1. The van der Waals surface area contributed by atoms with Crippen molar-refractivity contribution in [3.63, 3.8) is 0 Å². The van der Waals surface area contributed by atoms with Crippen molar-refractivity contribution in [2.45, 2.75) is 75.1 Å². The predicted molar refractivity (Wildman–Crippen MR) is 175 cm³/mol. The lowest BCUT2D eigenvalue weighted by molar-refractivity contribution is -0.139. The number of carbonyl (C=O) groups excluding carboxylic acids is 1.